The maximum absolute atomic E-state index is 13.9. The highest BCUT2D eigenvalue weighted by Crippen LogP contribution is 2.38. The molecule has 0 radical (unpaired) electrons. The maximum atomic E-state index is 13.9. The molecule has 1 aromatic carbocycles. The number of hydrogen-bond donors (Lipinski definition) is 0. The number of benzene rings is 1. The van der Waals surface area contributed by atoms with Crippen LogP contribution in [0.3, 0.4) is 0 Å². The molecule has 104 valence electrons. The molecule has 1 fully saturated rings. The molecule has 0 aromatic heterocycles. The first-order valence-corrected chi connectivity index (χ1v) is 6.94. The van der Waals surface area contributed by atoms with E-state index in [2.05, 4.69) is 6.92 Å². The summed E-state index contributed by atoms with van der Waals surface area (Å²) in [7, 11) is 3.85. The summed E-state index contributed by atoms with van der Waals surface area (Å²) in [4.78, 5) is 14.8. The van der Waals surface area contributed by atoms with E-state index < -0.39 is 11.4 Å². The molecule has 0 N–H and O–H groups in total. The number of likely N-dealkylation sites (N-methyl/N-ethyl adjacent to an activating group) is 1. The van der Waals surface area contributed by atoms with Gasteiger partial charge in [0.1, 0.15) is 5.82 Å². The van der Waals surface area contributed by atoms with Gasteiger partial charge in [0.25, 0.3) is 0 Å². The summed E-state index contributed by atoms with van der Waals surface area (Å²) in [5, 5.41) is 0. The molecule has 3 heteroatoms. The molecule has 2 rings (SSSR count). The van der Waals surface area contributed by atoms with Crippen LogP contribution in [0.5, 0.6) is 0 Å². The molecule has 0 saturated heterocycles. The first-order valence-electron chi connectivity index (χ1n) is 6.94. The third-order valence-corrected chi connectivity index (χ3v) is 4.37. The van der Waals surface area contributed by atoms with E-state index in [0.717, 1.165) is 25.7 Å². The largest absolute Gasteiger partial charge is 0.297 e. The van der Waals surface area contributed by atoms with Crippen molar-refractivity contribution in [3.63, 3.8) is 0 Å². The lowest BCUT2D eigenvalue weighted by Crippen LogP contribution is -2.54. The Labute approximate surface area is 114 Å². The average Bonchev–Trinajstić information content (AvgIpc) is 2.38. The van der Waals surface area contributed by atoms with Crippen molar-refractivity contribution in [1.82, 2.24) is 4.90 Å². The monoisotopic (exact) mass is 263 g/mol. The van der Waals surface area contributed by atoms with Crippen LogP contribution in [-0.4, -0.2) is 30.3 Å². The predicted octanol–water partition coefficient (Wildman–Crippen LogP) is 3.52. The number of rotatable bonds is 3. The Morgan fingerprint density at radius 1 is 1.37 bits per heavy atom. The van der Waals surface area contributed by atoms with E-state index in [1.165, 1.54) is 6.07 Å². The summed E-state index contributed by atoms with van der Waals surface area (Å²) in [6.07, 6.45) is 3.81. The number of hydrogen-bond acceptors (Lipinski definition) is 2. The van der Waals surface area contributed by atoms with Crippen LogP contribution in [0, 0.1) is 11.7 Å². The van der Waals surface area contributed by atoms with Gasteiger partial charge < -0.3 is 0 Å². The van der Waals surface area contributed by atoms with Crippen molar-refractivity contribution in [3.05, 3.63) is 35.6 Å². The molecule has 2 nitrogen and oxygen atoms in total. The fraction of sp³-hybridized carbons (Fsp3) is 0.562. The van der Waals surface area contributed by atoms with Crippen molar-refractivity contribution in [2.45, 2.75) is 38.1 Å². The van der Waals surface area contributed by atoms with Gasteiger partial charge >= 0.3 is 0 Å². The summed E-state index contributed by atoms with van der Waals surface area (Å²) in [6, 6.07) is 6.31. The molecule has 19 heavy (non-hydrogen) atoms. The molecule has 2 atom stereocenters. The highest BCUT2D eigenvalue weighted by molar-refractivity contribution is 6.03. The van der Waals surface area contributed by atoms with Gasteiger partial charge in [0.15, 0.2) is 5.78 Å². The number of carbonyl (C=O) groups is 1. The molecule has 0 heterocycles. The van der Waals surface area contributed by atoms with Crippen LogP contribution in [0.25, 0.3) is 0 Å². The Hall–Kier alpha value is -1.22. The van der Waals surface area contributed by atoms with Gasteiger partial charge in [-0.15, -0.1) is 0 Å². The van der Waals surface area contributed by atoms with Gasteiger partial charge in [0, 0.05) is 0 Å². The molecular formula is C16H22FNO. The fourth-order valence-electron chi connectivity index (χ4n) is 3.24. The molecule has 1 aliphatic carbocycles. The molecule has 1 aliphatic rings. The zero-order chi connectivity index (χ0) is 14.0. The topological polar surface area (TPSA) is 20.3 Å². The Bertz CT molecular complexity index is 472. The second kappa shape index (κ2) is 5.41. The molecule has 0 amide bonds. The van der Waals surface area contributed by atoms with Gasteiger partial charge in [-0.25, -0.2) is 4.39 Å². The van der Waals surface area contributed by atoms with Crippen molar-refractivity contribution >= 4 is 5.78 Å². The Balaban J connectivity index is 2.40. The second-order valence-corrected chi connectivity index (χ2v) is 5.94. The third-order valence-electron chi connectivity index (χ3n) is 4.37. The Kier molecular flexibility index (Phi) is 4.04. The van der Waals surface area contributed by atoms with Crippen molar-refractivity contribution in [2.75, 3.05) is 14.1 Å². The van der Waals surface area contributed by atoms with E-state index >= 15 is 0 Å². The number of carbonyl (C=O) groups excluding carboxylic acids is 1. The molecule has 1 saturated carbocycles. The number of Topliss-reactive ketones (excluding diaryl/α,β-unsaturated/α-hetero) is 1. The van der Waals surface area contributed by atoms with Gasteiger partial charge in [-0.2, -0.15) is 0 Å². The van der Waals surface area contributed by atoms with E-state index in [0.29, 0.717) is 5.92 Å². The first kappa shape index (κ1) is 14.2. The average molecular weight is 263 g/mol. The summed E-state index contributed by atoms with van der Waals surface area (Å²) in [5.74, 6) is 0.0287. The predicted molar refractivity (Wildman–Crippen MR) is 74.8 cm³/mol. The zero-order valence-corrected chi connectivity index (χ0v) is 11.9. The maximum Gasteiger partial charge on any atom is 0.185 e. The van der Waals surface area contributed by atoms with Crippen molar-refractivity contribution in [3.8, 4) is 0 Å². The van der Waals surface area contributed by atoms with E-state index in [1.807, 2.05) is 19.0 Å². The number of halogens is 1. The van der Waals surface area contributed by atoms with Gasteiger partial charge in [-0.3, -0.25) is 9.69 Å². The van der Waals surface area contributed by atoms with Crippen LogP contribution in [0.4, 0.5) is 4.39 Å². The lowest BCUT2D eigenvalue weighted by Gasteiger charge is -2.43. The lowest BCUT2D eigenvalue weighted by molar-refractivity contribution is 0.0482. The van der Waals surface area contributed by atoms with Crippen LogP contribution in [-0.2, 0) is 0 Å². The molecule has 2 unspecified atom stereocenters. The number of ketones is 1. The minimum Gasteiger partial charge on any atom is -0.297 e. The molecule has 1 aromatic rings. The van der Waals surface area contributed by atoms with Crippen LogP contribution in [0.1, 0.15) is 43.0 Å². The minimum atomic E-state index is -0.542. The van der Waals surface area contributed by atoms with Gasteiger partial charge in [-0.05, 0) is 45.0 Å². The highest BCUT2D eigenvalue weighted by atomic mass is 19.1. The van der Waals surface area contributed by atoms with Crippen LogP contribution >= 0.6 is 0 Å². The van der Waals surface area contributed by atoms with Gasteiger partial charge in [-0.1, -0.05) is 31.9 Å². The van der Waals surface area contributed by atoms with Crippen molar-refractivity contribution < 1.29 is 9.18 Å². The minimum absolute atomic E-state index is 0.0675. The molecule has 0 spiro atoms. The highest BCUT2D eigenvalue weighted by Gasteiger charge is 2.44. The van der Waals surface area contributed by atoms with E-state index in [9.17, 15) is 9.18 Å². The summed E-state index contributed by atoms with van der Waals surface area (Å²) in [6.45, 7) is 2.17. The quantitative estimate of drug-likeness (QED) is 0.778. The van der Waals surface area contributed by atoms with Crippen LogP contribution in [0.15, 0.2) is 24.3 Å². The van der Waals surface area contributed by atoms with Crippen molar-refractivity contribution in [2.24, 2.45) is 5.92 Å². The van der Waals surface area contributed by atoms with E-state index in [4.69, 9.17) is 0 Å². The molecular weight excluding hydrogens is 241 g/mol. The lowest BCUT2D eigenvalue weighted by atomic mass is 9.71. The number of nitrogens with zero attached hydrogens (tertiary/aromatic N) is 1. The molecule has 0 bridgehead atoms. The Morgan fingerprint density at radius 2 is 2.05 bits per heavy atom. The summed E-state index contributed by atoms with van der Waals surface area (Å²) in [5.41, 5.74) is -0.315. The summed E-state index contributed by atoms with van der Waals surface area (Å²) < 4.78 is 13.9. The van der Waals surface area contributed by atoms with Gasteiger partial charge in [0.05, 0.1) is 11.1 Å². The normalized spacial score (nSPS) is 27.5. The zero-order valence-electron chi connectivity index (χ0n) is 11.9. The fourth-order valence-corrected chi connectivity index (χ4v) is 3.24. The van der Waals surface area contributed by atoms with Gasteiger partial charge in [0.2, 0.25) is 0 Å². The van der Waals surface area contributed by atoms with E-state index in [1.54, 1.807) is 18.2 Å². The first-order chi connectivity index (χ1) is 8.97. The summed E-state index contributed by atoms with van der Waals surface area (Å²) >= 11 is 0. The standard InChI is InChI=1S/C16H22FNO/c1-12-7-6-10-16(11-12,18(2)3)15(19)13-8-4-5-9-14(13)17/h4-5,8-9,12H,6-7,10-11H2,1-3H3. The van der Waals surface area contributed by atoms with Crippen LogP contribution < -0.4 is 0 Å². The second-order valence-electron chi connectivity index (χ2n) is 5.94. The van der Waals surface area contributed by atoms with Crippen molar-refractivity contribution in [1.29, 1.82) is 0 Å². The third kappa shape index (κ3) is 2.57. The Morgan fingerprint density at radius 3 is 2.63 bits per heavy atom. The molecule has 0 aliphatic heterocycles. The smallest absolute Gasteiger partial charge is 0.185 e. The van der Waals surface area contributed by atoms with Crippen LogP contribution in [0.2, 0.25) is 0 Å². The SMILES string of the molecule is CC1CCCC(C(=O)c2ccccc2F)(N(C)C)C1. The van der Waals surface area contributed by atoms with E-state index in [-0.39, 0.29) is 11.3 Å².